The lowest BCUT2D eigenvalue weighted by Crippen LogP contribution is -1.96. The van der Waals surface area contributed by atoms with Gasteiger partial charge in [-0.15, -0.1) is 0 Å². The summed E-state index contributed by atoms with van der Waals surface area (Å²) in [5.74, 6) is 1.21. The highest BCUT2D eigenvalue weighted by Crippen LogP contribution is 2.15. The second-order valence-electron chi connectivity index (χ2n) is 4.47. The van der Waals surface area contributed by atoms with Crippen LogP contribution in [-0.2, 0) is 0 Å². The molecule has 0 saturated carbocycles. The van der Waals surface area contributed by atoms with Crippen molar-refractivity contribution in [1.29, 1.82) is 0 Å². The van der Waals surface area contributed by atoms with Crippen molar-refractivity contribution in [3.8, 4) is 0 Å². The van der Waals surface area contributed by atoms with E-state index in [1.165, 1.54) is 14.7 Å². The zero-order valence-corrected chi connectivity index (χ0v) is 13.8. The highest BCUT2D eigenvalue weighted by atomic mass is 127. The van der Waals surface area contributed by atoms with Gasteiger partial charge in [0, 0.05) is 9.26 Å². The standard InChI is InChI=1S/C7H9IN2.C7H10N2/c1-4-3-6(9)10-5(2)7(4)8;1-5-3-6(2)9-7(8)4-5/h3H,1-2H3,(H2,9,10);3-4H,1-2H3,(H2,8,9). The number of nitrogens with two attached hydrogens (primary N) is 2. The molecule has 0 aromatic carbocycles. The van der Waals surface area contributed by atoms with Crippen LogP contribution >= 0.6 is 22.6 Å². The van der Waals surface area contributed by atoms with Crippen LogP contribution in [0.15, 0.2) is 18.2 Å². The number of anilines is 2. The van der Waals surface area contributed by atoms with Crippen molar-refractivity contribution in [3.63, 3.8) is 0 Å². The molecule has 2 rings (SSSR count). The highest BCUT2D eigenvalue weighted by Gasteiger charge is 1.99. The van der Waals surface area contributed by atoms with Crippen molar-refractivity contribution in [2.24, 2.45) is 0 Å². The van der Waals surface area contributed by atoms with E-state index in [9.17, 15) is 0 Å². The van der Waals surface area contributed by atoms with Crippen LogP contribution in [0.1, 0.15) is 22.5 Å². The summed E-state index contributed by atoms with van der Waals surface area (Å²) >= 11 is 2.27. The Bertz CT molecular complexity index is 508. The number of pyridine rings is 2. The summed E-state index contributed by atoms with van der Waals surface area (Å²) in [4.78, 5) is 8.12. The lowest BCUT2D eigenvalue weighted by Gasteiger charge is -2.01. The molecule has 2 heterocycles. The second kappa shape index (κ2) is 6.70. The van der Waals surface area contributed by atoms with Gasteiger partial charge >= 0.3 is 0 Å². The molecule has 0 radical (unpaired) electrons. The first kappa shape index (κ1) is 15.7. The van der Waals surface area contributed by atoms with E-state index < -0.39 is 0 Å². The molecule has 102 valence electrons. The van der Waals surface area contributed by atoms with E-state index in [0.717, 1.165) is 11.4 Å². The summed E-state index contributed by atoms with van der Waals surface area (Å²) in [7, 11) is 0. The van der Waals surface area contributed by atoms with Crippen molar-refractivity contribution in [3.05, 3.63) is 44.3 Å². The van der Waals surface area contributed by atoms with E-state index in [4.69, 9.17) is 11.5 Å². The molecular weight excluding hydrogens is 351 g/mol. The number of nitrogen functional groups attached to an aromatic ring is 2. The van der Waals surface area contributed by atoms with Crippen LogP contribution in [0.5, 0.6) is 0 Å². The average Bonchev–Trinajstić information content (AvgIpc) is 2.24. The third-order valence-electron chi connectivity index (χ3n) is 2.44. The third-order valence-corrected chi connectivity index (χ3v) is 4.07. The first-order chi connectivity index (χ1) is 8.79. The van der Waals surface area contributed by atoms with E-state index in [-0.39, 0.29) is 0 Å². The molecule has 19 heavy (non-hydrogen) atoms. The van der Waals surface area contributed by atoms with Gasteiger partial charge in [0.15, 0.2) is 0 Å². The smallest absolute Gasteiger partial charge is 0.123 e. The molecule has 2 aromatic rings. The molecule has 0 aliphatic carbocycles. The van der Waals surface area contributed by atoms with Crippen LogP contribution in [0.2, 0.25) is 0 Å². The maximum absolute atomic E-state index is 5.51. The van der Waals surface area contributed by atoms with E-state index in [2.05, 4.69) is 32.6 Å². The normalized spacial score (nSPS) is 9.74. The van der Waals surface area contributed by atoms with Gasteiger partial charge in [-0.3, -0.25) is 0 Å². The zero-order valence-electron chi connectivity index (χ0n) is 11.7. The fourth-order valence-electron chi connectivity index (χ4n) is 1.72. The maximum atomic E-state index is 5.51. The Labute approximate surface area is 127 Å². The topological polar surface area (TPSA) is 77.8 Å². The zero-order chi connectivity index (χ0) is 14.6. The van der Waals surface area contributed by atoms with Gasteiger partial charge in [-0.05, 0) is 79.6 Å². The van der Waals surface area contributed by atoms with E-state index in [1.54, 1.807) is 0 Å². The lowest BCUT2D eigenvalue weighted by atomic mass is 10.2. The third kappa shape index (κ3) is 5.02. The highest BCUT2D eigenvalue weighted by molar-refractivity contribution is 14.1. The Hall–Kier alpha value is -1.37. The van der Waals surface area contributed by atoms with E-state index >= 15 is 0 Å². The predicted octanol–water partition coefficient (Wildman–Crippen LogP) is 3.17. The molecule has 0 saturated heterocycles. The molecule has 0 atom stereocenters. The Morgan fingerprint density at radius 1 is 0.895 bits per heavy atom. The van der Waals surface area contributed by atoms with Gasteiger partial charge in [-0.1, -0.05) is 0 Å². The van der Waals surface area contributed by atoms with E-state index in [1.807, 2.05) is 45.9 Å². The fourth-order valence-corrected chi connectivity index (χ4v) is 1.99. The summed E-state index contributed by atoms with van der Waals surface area (Å²) in [6.45, 7) is 7.94. The molecule has 0 bridgehead atoms. The molecule has 0 aliphatic rings. The molecule has 5 heteroatoms. The van der Waals surface area contributed by atoms with E-state index in [0.29, 0.717) is 11.6 Å². The van der Waals surface area contributed by atoms with Crippen molar-refractivity contribution in [2.45, 2.75) is 27.7 Å². The van der Waals surface area contributed by atoms with Gasteiger partial charge in [-0.25, -0.2) is 9.97 Å². The van der Waals surface area contributed by atoms with Crippen LogP contribution in [0.3, 0.4) is 0 Å². The molecule has 0 aliphatic heterocycles. The average molecular weight is 370 g/mol. The summed E-state index contributed by atoms with van der Waals surface area (Å²) in [5, 5.41) is 0. The van der Waals surface area contributed by atoms with Gasteiger partial charge in [0.2, 0.25) is 0 Å². The summed E-state index contributed by atoms with van der Waals surface area (Å²) in [6, 6.07) is 5.73. The Morgan fingerprint density at radius 3 is 1.95 bits per heavy atom. The van der Waals surface area contributed by atoms with Gasteiger partial charge in [0.1, 0.15) is 11.6 Å². The van der Waals surface area contributed by atoms with Crippen LogP contribution < -0.4 is 11.5 Å². The lowest BCUT2D eigenvalue weighted by molar-refractivity contribution is 1.16. The van der Waals surface area contributed by atoms with Crippen LogP contribution in [-0.4, -0.2) is 9.97 Å². The summed E-state index contributed by atoms with van der Waals surface area (Å²) in [6.07, 6.45) is 0. The van der Waals surface area contributed by atoms with Gasteiger partial charge < -0.3 is 11.5 Å². The number of hydrogen-bond donors (Lipinski definition) is 2. The largest absolute Gasteiger partial charge is 0.384 e. The van der Waals surface area contributed by atoms with Crippen molar-refractivity contribution < 1.29 is 0 Å². The minimum Gasteiger partial charge on any atom is -0.384 e. The first-order valence-corrected chi connectivity index (χ1v) is 6.97. The Kier molecular flexibility index (Phi) is 5.53. The van der Waals surface area contributed by atoms with Crippen molar-refractivity contribution in [1.82, 2.24) is 9.97 Å². The van der Waals surface area contributed by atoms with Gasteiger partial charge in [0.05, 0.1) is 5.69 Å². The molecule has 0 amide bonds. The molecule has 4 N–H and O–H groups in total. The number of rotatable bonds is 0. The quantitative estimate of drug-likeness (QED) is 0.699. The van der Waals surface area contributed by atoms with Crippen molar-refractivity contribution >= 4 is 34.2 Å². The molecular formula is C14H19IN4. The summed E-state index contributed by atoms with van der Waals surface area (Å²) < 4.78 is 1.20. The predicted molar refractivity (Wildman–Crippen MR) is 89.0 cm³/mol. The minimum absolute atomic E-state index is 0.604. The fraction of sp³-hybridized carbons (Fsp3) is 0.286. The van der Waals surface area contributed by atoms with Crippen molar-refractivity contribution in [2.75, 3.05) is 11.5 Å². The maximum Gasteiger partial charge on any atom is 0.123 e. The van der Waals surface area contributed by atoms with Gasteiger partial charge in [0.25, 0.3) is 0 Å². The number of aryl methyl sites for hydroxylation is 4. The SMILES string of the molecule is Cc1cc(C)nc(N)c1.Cc1cc(N)nc(C)c1I. The minimum atomic E-state index is 0.604. The molecule has 0 fully saturated rings. The van der Waals surface area contributed by atoms with Crippen LogP contribution in [0.25, 0.3) is 0 Å². The summed E-state index contributed by atoms with van der Waals surface area (Å²) in [5.41, 5.74) is 15.3. The second-order valence-corrected chi connectivity index (χ2v) is 5.55. The Balaban J connectivity index is 0.000000191. The van der Waals surface area contributed by atoms with Gasteiger partial charge in [-0.2, -0.15) is 0 Å². The van der Waals surface area contributed by atoms with Crippen LogP contribution in [0, 0.1) is 31.3 Å². The molecule has 4 nitrogen and oxygen atoms in total. The number of hydrogen-bond acceptors (Lipinski definition) is 4. The molecule has 0 unspecified atom stereocenters. The number of nitrogens with zero attached hydrogens (tertiary/aromatic N) is 2. The van der Waals surface area contributed by atoms with Crippen LogP contribution in [0.4, 0.5) is 11.6 Å². The monoisotopic (exact) mass is 370 g/mol. The molecule has 0 spiro atoms. The number of aromatic nitrogens is 2. The first-order valence-electron chi connectivity index (χ1n) is 5.89. The molecule has 2 aromatic heterocycles. The Morgan fingerprint density at radius 2 is 1.47 bits per heavy atom. The number of halogens is 1.